The van der Waals surface area contributed by atoms with Crippen molar-refractivity contribution in [1.29, 1.82) is 0 Å². The lowest BCUT2D eigenvalue weighted by Crippen LogP contribution is -2.57. The minimum absolute atomic E-state index is 0.109. The fourth-order valence-electron chi connectivity index (χ4n) is 8.66. The van der Waals surface area contributed by atoms with Crippen LogP contribution in [0.2, 0.25) is 0 Å². The summed E-state index contributed by atoms with van der Waals surface area (Å²) in [4.78, 5) is 67.6. The van der Waals surface area contributed by atoms with Gasteiger partial charge in [0.1, 0.15) is 16.9 Å². The molecule has 5 aliphatic rings. The summed E-state index contributed by atoms with van der Waals surface area (Å²) in [6.07, 6.45) is -1.27. The highest BCUT2D eigenvalue weighted by molar-refractivity contribution is 5.95. The predicted molar refractivity (Wildman–Crippen MR) is 161 cm³/mol. The molecule has 246 valence electrons. The van der Waals surface area contributed by atoms with E-state index in [-0.39, 0.29) is 29.7 Å². The van der Waals surface area contributed by atoms with Gasteiger partial charge in [-0.25, -0.2) is 14.4 Å². The largest absolute Gasteiger partial charge is 0.483 e. The lowest BCUT2D eigenvalue weighted by Gasteiger charge is -2.45. The third-order valence-electron chi connectivity index (χ3n) is 13.0. The molecule has 2 saturated heterocycles. The number of benzene rings is 1. The van der Waals surface area contributed by atoms with Gasteiger partial charge in [-0.05, 0) is 78.5 Å². The molecule has 1 aromatic heterocycles. The summed E-state index contributed by atoms with van der Waals surface area (Å²) in [7, 11) is 0. The highest BCUT2D eigenvalue weighted by Crippen LogP contribution is 2.67. The lowest BCUT2D eigenvalue weighted by molar-refractivity contribution is -0.217. The predicted octanol–water partition coefficient (Wildman–Crippen LogP) is 5.01. The molecule has 2 aromatic rings. The molecule has 4 bridgehead atoms. The zero-order valence-corrected chi connectivity index (χ0v) is 27.7. The molecule has 4 fully saturated rings. The van der Waals surface area contributed by atoms with Crippen LogP contribution in [0.25, 0.3) is 11.0 Å². The second kappa shape index (κ2) is 8.72. The molecule has 11 nitrogen and oxygen atoms in total. The van der Waals surface area contributed by atoms with E-state index >= 15 is 0 Å². The van der Waals surface area contributed by atoms with Crippen LogP contribution in [0.15, 0.2) is 27.4 Å². The standard InChI is InChI=1S/C35H40O11/c1-17-16-18-10-11-19-20(21(18)41-24(17)36)22(42-27(39)34-14-12-32(8,25(37)45-34)30(34,4)5)23(29(2,3)44-19)43-28(40)35-15-13-33(9,26(38)46-35)31(35,6)7/h10-11,16,22-23H,12-15H2,1-9H3/t22-,23-,32-,33-,34-,35-/m1/s1. The average Bonchev–Trinajstić information content (AvgIpc) is 3.43. The lowest BCUT2D eigenvalue weighted by atomic mass is 9.66. The summed E-state index contributed by atoms with van der Waals surface area (Å²) in [5.74, 6) is -2.25. The van der Waals surface area contributed by atoms with Crippen LogP contribution in [0.5, 0.6) is 5.75 Å². The second-order valence-electron chi connectivity index (χ2n) is 15.8. The van der Waals surface area contributed by atoms with Crippen LogP contribution in [-0.4, -0.2) is 46.8 Å². The SMILES string of the molecule is Cc1cc2ccc3c(c2oc1=O)[C@@H](OC(=O)[C@@]12CC[C@](C)(C(=O)O1)C2(C)C)[C@@H](OC(=O)[C@@]12CC[C@](C)(C(=O)O1)C2(C)C)C(C)(C)O3. The van der Waals surface area contributed by atoms with Crippen molar-refractivity contribution >= 4 is 34.8 Å². The summed E-state index contributed by atoms with van der Waals surface area (Å²) in [5, 5.41) is 0.542. The molecule has 46 heavy (non-hydrogen) atoms. The summed E-state index contributed by atoms with van der Waals surface area (Å²) in [6.45, 7) is 15.9. The Bertz CT molecular complexity index is 1830. The van der Waals surface area contributed by atoms with E-state index in [1.54, 1.807) is 52.8 Å². The summed E-state index contributed by atoms with van der Waals surface area (Å²) in [5.41, 5.74) is -7.95. The first-order valence-electron chi connectivity index (χ1n) is 15.8. The maximum atomic E-state index is 14.4. The molecule has 2 aliphatic carbocycles. The van der Waals surface area contributed by atoms with Gasteiger partial charge in [-0.3, -0.25) is 9.59 Å². The molecule has 0 spiro atoms. The quantitative estimate of drug-likeness (QED) is 0.254. The molecular formula is C35H40O11. The Hall–Kier alpha value is -3.89. The number of carbonyl (C=O) groups is 4. The normalized spacial score (nSPS) is 37.3. The van der Waals surface area contributed by atoms with Crippen LogP contribution in [0.1, 0.15) is 98.3 Å². The van der Waals surface area contributed by atoms with Gasteiger partial charge in [-0.15, -0.1) is 0 Å². The van der Waals surface area contributed by atoms with Crippen LogP contribution in [-0.2, 0) is 38.1 Å². The van der Waals surface area contributed by atoms with Crippen molar-refractivity contribution in [2.75, 3.05) is 0 Å². The van der Waals surface area contributed by atoms with E-state index in [9.17, 15) is 24.0 Å². The van der Waals surface area contributed by atoms with E-state index in [2.05, 4.69) is 0 Å². The van der Waals surface area contributed by atoms with Crippen LogP contribution >= 0.6 is 0 Å². The minimum atomic E-state index is -1.59. The molecule has 3 aliphatic heterocycles. The zero-order chi connectivity index (χ0) is 33.6. The van der Waals surface area contributed by atoms with E-state index in [0.29, 0.717) is 23.8 Å². The molecule has 0 unspecified atom stereocenters. The van der Waals surface area contributed by atoms with Crippen molar-refractivity contribution in [3.05, 3.63) is 39.7 Å². The number of hydrogen-bond acceptors (Lipinski definition) is 11. The molecule has 11 heteroatoms. The number of ether oxygens (including phenoxy) is 5. The Morgan fingerprint density at radius 2 is 1.26 bits per heavy atom. The summed E-state index contributed by atoms with van der Waals surface area (Å²) < 4.78 is 36.5. The number of esters is 4. The van der Waals surface area contributed by atoms with Gasteiger partial charge in [0.15, 0.2) is 12.2 Å². The molecule has 4 heterocycles. The molecule has 0 N–H and O–H groups in total. The Kier molecular flexibility index (Phi) is 5.83. The number of hydrogen-bond donors (Lipinski definition) is 0. The average molecular weight is 637 g/mol. The number of carbonyl (C=O) groups excluding carboxylic acids is 4. The van der Waals surface area contributed by atoms with Gasteiger partial charge in [-0.1, -0.05) is 27.7 Å². The Balaban J connectivity index is 1.37. The molecular weight excluding hydrogens is 596 g/mol. The van der Waals surface area contributed by atoms with Gasteiger partial charge < -0.3 is 28.1 Å². The third-order valence-corrected chi connectivity index (χ3v) is 13.0. The number of fused-ring (bicyclic) bond motifs is 7. The minimum Gasteiger partial charge on any atom is -0.483 e. The second-order valence-corrected chi connectivity index (χ2v) is 15.8. The van der Waals surface area contributed by atoms with Crippen molar-refractivity contribution in [1.82, 2.24) is 0 Å². The maximum absolute atomic E-state index is 14.4. The Morgan fingerprint density at radius 3 is 1.74 bits per heavy atom. The number of aryl methyl sites for hydroxylation is 1. The summed E-state index contributed by atoms with van der Waals surface area (Å²) >= 11 is 0. The molecule has 2 saturated carbocycles. The maximum Gasteiger partial charge on any atom is 0.351 e. The Labute approximate surface area is 266 Å². The fraction of sp³-hybridized carbons (Fsp3) is 0.629. The van der Waals surface area contributed by atoms with E-state index < -0.39 is 80.2 Å². The van der Waals surface area contributed by atoms with Crippen molar-refractivity contribution in [3.63, 3.8) is 0 Å². The highest BCUT2D eigenvalue weighted by atomic mass is 16.7. The molecule has 0 amide bonds. The first-order chi connectivity index (χ1) is 21.2. The van der Waals surface area contributed by atoms with Gasteiger partial charge in [0, 0.05) is 21.8 Å². The van der Waals surface area contributed by atoms with Crippen LogP contribution in [0.4, 0.5) is 0 Å². The molecule has 1 aromatic carbocycles. The highest BCUT2D eigenvalue weighted by Gasteiger charge is 2.78. The molecule has 0 radical (unpaired) electrons. The van der Waals surface area contributed by atoms with Crippen molar-refractivity contribution < 1.29 is 47.3 Å². The van der Waals surface area contributed by atoms with Crippen LogP contribution in [0, 0.1) is 28.6 Å². The van der Waals surface area contributed by atoms with Crippen molar-refractivity contribution in [2.24, 2.45) is 21.7 Å². The smallest absolute Gasteiger partial charge is 0.351 e. The van der Waals surface area contributed by atoms with E-state index in [0.717, 1.165) is 0 Å². The van der Waals surface area contributed by atoms with Crippen LogP contribution < -0.4 is 10.4 Å². The van der Waals surface area contributed by atoms with E-state index in [1.165, 1.54) is 0 Å². The van der Waals surface area contributed by atoms with Crippen molar-refractivity contribution in [3.8, 4) is 5.75 Å². The third kappa shape index (κ3) is 3.31. The molecule has 7 rings (SSSR count). The van der Waals surface area contributed by atoms with Crippen molar-refractivity contribution in [2.45, 2.75) is 117 Å². The van der Waals surface area contributed by atoms with Gasteiger partial charge in [0.05, 0.1) is 16.4 Å². The van der Waals surface area contributed by atoms with Gasteiger partial charge in [0.25, 0.3) is 0 Å². The van der Waals surface area contributed by atoms with Gasteiger partial charge in [-0.2, -0.15) is 0 Å². The van der Waals surface area contributed by atoms with E-state index in [1.807, 2.05) is 27.7 Å². The summed E-state index contributed by atoms with van der Waals surface area (Å²) in [6, 6.07) is 5.07. The first kappa shape index (κ1) is 30.7. The number of rotatable bonds is 4. The van der Waals surface area contributed by atoms with E-state index in [4.69, 9.17) is 28.1 Å². The molecule has 6 atom stereocenters. The topological polar surface area (TPSA) is 145 Å². The zero-order valence-electron chi connectivity index (χ0n) is 27.7. The van der Waals surface area contributed by atoms with Crippen LogP contribution in [0.3, 0.4) is 0 Å². The van der Waals surface area contributed by atoms with Gasteiger partial charge >= 0.3 is 29.5 Å². The fourth-order valence-corrected chi connectivity index (χ4v) is 8.66. The monoisotopic (exact) mass is 636 g/mol. The van der Waals surface area contributed by atoms with Gasteiger partial charge in [0.2, 0.25) is 11.2 Å². The first-order valence-corrected chi connectivity index (χ1v) is 15.8. The Morgan fingerprint density at radius 1 is 0.739 bits per heavy atom.